The molecule has 0 atom stereocenters. The van der Waals surface area contributed by atoms with Crippen LogP contribution in [0.15, 0.2) is 115 Å². The van der Waals surface area contributed by atoms with Gasteiger partial charge in [0.2, 0.25) is 0 Å². The Morgan fingerprint density at radius 1 is 0.639 bits per heavy atom. The molecule has 0 saturated heterocycles. The Morgan fingerprint density at radius 3 is 1.25 bits per heavy atom. The standard InChI is InChI=1S/C13H9.C6H5.C5H5.2C3H9Si.CH2.2ClH.Hf/c1-3-7-12-10(5-1)9-11-6-2-4-8-13(11)12;1-2-4-6-5-3-1;1-2-4-5-3-1;2*1-4(2)3;;;;/h1-9H;1-5H;1-5H;2*1-3H3;1H2;2*1H;/q3*-1;;;;;;+2/p-2. The van der Waals surface area contributed by atoms with E-state index >= 15 is 0 Å². The Hall–Kier alpha value is -1.37. The van der Waals surface area contributed by atoms with Crippen LogP contribution >= 0.6 is 17.2 Å². The van der Waals surface area contributed by atoms with E-state index < -0.39 is 18.6 Å². The van der Waals surface area contributed by atoms with Gasteiger partial charge in [-0.3, -0.25) is 0 Å². The molecule has 192 valence electrons. The van der Waals surface area contributed by atoms with E-state index in [9.17, 15) is 0 Å². The van der Waals surface area contributed by atoms with Crippen LogP contribution < -0.4 is 0 Å². The summed E-state index contributed by atoms with van der Waals surface area (Å²) in [6, 6.07) is 41.8. The fourth-order valence-corrected chi connectivity index (χ4v) is 2.57. The third kappa shape index (κ3) is 20.8. The molecule has 0 unspecified atom stereocenters. The minimum Gasteiger partial charge on any atom is -0.214 e. The van der Waals surface area contributed by atoms with Crippen molar-refractivity contribution in [3.05, 3.63) is 121 Å². The van der Waals surface area contributed by atoms with Crippen LogP contribution in [0.1, 0.15) is 0 Å². The molecular weight excluding hydrogens is 678 g/mol. The summed E-state index contributed by atoms with van der Waals surface area (Å²) in [5.41, 5.74) is 0. The summed E-state index contributed by atoms with van der Waals surface area (Å²) in [4.78, 5) is 0. The van der Waals surface area contributed by atoms with Gasteiger partial charge in [0.05, 0.1) is 0 Å². The van der Waals surface area contributed by atoms with E-state index in [1.807, 2.05) is 60.7 Å². The molecule has 5 heteroatoms. The molecule has 0 spiro atoms. The van der Waals surface area contributed by atoms with Crippen molar-refractivity contribution < 1.29 is 18.6 Å². The smallest absolute Gasteiger partial charge is 0.0771 e. The zero-order valence-electron chi connectivity index (χ0n) is 22.4. The fourth-order valence-electron chi connectivity index (χ4n) is 2.57. The fraction of sp³-hybridized carbons (Fsp3) is 0.194. The number of rotatable bonds is 0. The van der Waals surface area contributed by atoms with Crippen molar-refractivity contribution in [1.29, 1.82) is 0 Å². The second-order valence-electron chi connectivity index (χ2n) is 8.70. The van der Waals surface area contributed by atoms with Crippen molar-refractivity contribution >= 4 is 60.6 Å². The van der Waals surface area contributed by atoms with Crippen molar-refractivity contribution in [2.75, 3.05) is 0 Å². The van der Waals surface area contributed by atoms with Crippen LogP contribution in [0.3, 0.4) is 0 Å². The predicted molar refractivity (Wildman–Crippen MR) is 170 cm³/mol. The van der Waals surface area contributed by atoms with Crippen LogP contribution in [0.5, 0.6) is 0 Å². The Bertz CT molecular complexity index is 1040. The Kier molecular flexibility index (Phi) is 21.9. The maximum Gasteiger partial charge on any atom is -0.0771 e. The molecule has 0 saturated carbocycles. The van der Waals surface area contributed by atoms with Gasteiger partial charge in [-0.2, -0.15) is 54.6 Å². The number of hydrogen-bond donors (Lipinski definition) is 0. The first kappa shape index (κ1) is 34.6. The van der Waals surface area contributed by atoms with Gasteiger partial charge in [0.15, 0.2) is 0 Å². The minimum atomic E-state index is -1.96. The van der Waals surface area contributed by atoms with E-state index in [2.05, 4.69) is 104 Å². The number of hydrogen-bond acceptors (Lipinski definition) is 0. The van der Waals surface area contributed by atoms with Crippen molar-refractivity contribution in [1.82, 2.24) is 0 Å². The van der Waals surface area contributed by atoms with E-state index in [0.29, 0.717) is 0 Å². The molecule has 2 radical (unpaired) electrons. The molecule has 0 aliphatic carbocycles. The Labute approximate surface area is 238 Å². The van der Waals surface area contributed by atoms with Crippen molar-refractivity contribution in [2.24, 2.45) is 0 Å². The number of halogens is 2. The third-order valence-electron chi connectivity index (χ3n) is 3.69. The molecule has 0 nitrogen and oxygen atoms in total. The molecule has 5 aromatic carbocycles. The van der Waals surface area contributed by atoms with E-state index in [0.717, 1.165) is 0 Å². The predicted octanol–water partition coefficient (Wildman–Crippen LogP) is 10.7. The first-order valence-corrected chi connectivity index (χ1v) is 29.2. The van der Waals surface area contributed by atoms with Gasteiger partial charge < -0.3 is 0 Å². The topological polar surface area (TPSA) is 0 Å². The first-order chi connectivity index (χ1) is 17.1. The van der Waals surface area contributed by atoms with Gasteiger partial charge in [-0.15, -0.1) is 39.7 Å². The normalized spacial score (nSPS) is 9.17. The zero-order chi connectivity index (χ0) is 27.2. The Balaban J connectivity index is 0.000000453. The molecule has 0 bridgehead atoms. The largest absolute Gasteiger partial charge is 0.214 e. The van der Waals surface area contributed by atoms with Gasteiger partial charge in [-0.25, -0.2) is 12.1 Å². The van der Waals surface area contributed by atoms with Crippen LogP contribution in [-0.2, 0) is 18.6 Å². The molecule has 0 fully saturated rings. The summed E-state index contributed by atoms with van der Waals surface area (Å²) in [6.45, 7) is 13.6. The zero-order valence-corrected chi connectivity index (χ0v) is 29.5. The average Bonchev–Trinajstić information content (AvgIpc) is 3.51. The van der Waals surface area contributed by atoms with Gasteiger partial charge in [0.1, 0.15) is 0 Å². The van der Waals surface area contributed by atoms with Crippen LogP contribution in [0.4, 0.5) is 0 Å². The SMILES string of the molecule is C[Si](C)C.C[Si](C)C.[CH2]=[Hf]([Cl])[Cl].[c-]1ccccc1.c1cc[cH-]c1.c1ccc2c(c1)[cH-]c1ccccc12. The molecule has 0 aliphatic rings. The minimum absolute atomic E-state index is 0.120. The Morgan fingerprint density at radius 2 is 1.00 bits per heavy atom. The molecular formula is C31H39Cl2HfSi2-3. The van der Waals surface area contributed by atoms with Gasteiger partial charge in [0, 0.05) is 17.6 Å². The number of fused-ring (bicyclic) bond motifs is 3. The number of benzene rings is 3. The van der Waals surface area contributed by atoms with Crippen LogP contribution in [0.25, 0.3) is 21.5 Å². The summed E-state index contributed by atoms with van der Waals surface area (Å²) in [7, 11) is 10.5. The van der Waals surface area contributed by atoms with Gasteiger partial charge in [-0.1, -0.05) is 75.7 Å². The summed E-state index contributed by atoms with van der Waals surface area (Å²) < 4.78 is 3.38. The second kappa shape index (κ2) is 22.8. The van der Waals surface area contributed by atoms with E-state index in [1.165, 1.54) is 21.5 Å². The van der Waals surface area contributed by atoms with Crippen LogP contribution in [0.2, 0.25) is 39.3 Å². The summed E-state index contributed by atoms with van der Waals surface area (Å²) in [5.74, 6) is 0. The first-order valence-electron chi connectivity index (χ1n) is 11.8. The van der Waals surface area contributed by atoms with Crippen LogP contribution in [-0.4, -0.2) is 21.9 Å². The third-order valence-corrected chi connectivity index (χ3v) is 3.69. The van der Waals surface area contributed by atoms with Gasteiger partial charge >= 0.3 is 40.0 Å². The summed E-state index contributed by atoms with van der Waals surface area (Å²) in [5, 5.41) is 5.39. The second-order valence-corrected chi connectivity index (χ2v) is 26.2. The molecule has 36 heavy (non-hydrogen) atoms. The van der Waals surface area contributed by atoms with E-state index in [4.69, 9.17) is 17.2 Å². The molecule has 0 N–H and O–H groups in total. The van der Waals surface area contributed by atoms with Crippen molar-refractivity contribution in [2.45, 2.75) is 39.3 Å². The van der Waals surface area contributed by atoms with Gasteiger partial charge in [0.25, 0.3) is 0 Å². The summed E-state index contributed by atoms with van der Waals surface area (Å²) in [6.07, 6.45) is 0. The van der Waals surface area contributed by atoms with E-state index in [-0.39, 0.29) is 17.6 Å². The van der Waals surface area contributed by atoms with Crippen LogP contribution in [0, 0.1) is 6.07 Å². The molecule has 0 aliphatic heterocycles. The molecule has 5 rings (SSSR count). The summed E-state index contributed by atoms with van der Waals surface area (Å²) >= 11 is -1.96. The van der Waals surface area contributed by atoms with Crippen molar-refractivity contribution in [3.8, 4) is 0 Å². The molecule has 0 amide bonds. The molecule has 0 heterocycles. The molecule has 0 aromatic heterocycles. The van der Waals surface area contributed by atoms with E-state index in [1.54, 1.807) is 0 Å². The monoisotopic (exact) mass is 717 g/mol. The maximum absolute atomic E-state index is 5.14. The average molecular weight is 717 g/mol. The quantitative estimate of drug-likeness (QED) is 0.111. The van der Waals surface area contributed by atoms with Gasteiger partial charge in [-0.05, 0) is 0 Å². The van der Waals surface area contributed by atoms with Crippen molar-refractivity contribution in [3.63, 3.8) is 0 Å². The molecule has 5 aromatic rings. The maximum atomic E-state index is 5.14.